The van der Waals surface area contributed by atoms with Crippen LogP contribution >= 0.6 is 0 Å². The number of halogens is 1. The van der Waals surface area contributed by atoms with Crippen molar-refractivity contribution >= 4 is 11.8 Å². The minimum absolute atomic E-state index is 0.114. The molecule has 2 N–H and O–H groups in total. The normalized spacial score (nSPS) is 22.4. The van der Waals surface area contributed by atoms with Crippen molar-refractivity contribution in [2.45, 2.75) is 13.0 Å². The summed E-state index contributed by atoms with van der Waals surface area (Å²) in [6.45, 7) is 4.51. The molecule has 0 amide bonds. The van der Waals surface area contributed by atoms with Crippen LogP contribution < -0.4 is 10.6 Å². The predicted octanol–water partition coefficient (Wildman–Crippen LogP) is 0.338. The van der Waals surface area contributed by atoms with Crippen molar-refractivity contribution in [2.75, 3.05) is 37.3 Å². The Hall–Kier alpha value is -1.43. The topological polar surface area (TPSA) is 58.3 Å². The van der Waals surface area contributed by atoms with E-state index in [0.717, 1.165) is 25.8 Å². The van der Waals surface area contributed by atoms with Crippen LogP contribution in [0.4, 0.5) is 16.2 Å². The lowest BCUT2D eigenvalue weighted by Gasteiger charge is -2.38. The molecule has 1 aliphatic heterocycles. The van der Waals surface area contributed by atoms with E-state index in [0.29, 0.717) is 11.9 Å². The highest BCUT2D eigenvalue weighted by molar-refractivity contribution is 5.43. The van der Waals surface area contributed by atoms with Gasteiger partial charge in [0.2, 0.25) is 5.95 Å². The molecule has 1 aliphatic rings. The molecule has 2 rings (SSSR count). The van der Waals surface area contributed by atoms with E-state index in [4.69, 9.17) is 5.73 Å². The van der Waals surface area contributed by atoms with Crippen LogP contribution in [-0.4, -0.2) is 47.6 Å². The molecule has 1 aromatic rings. The van der Waals surface area contributed by atoms with Crippen molar-refractivity contribution in [1.29, 1.82) is 0 Å². The zero-order chi connectivity index (χ0) is 11.7. The van der Waals surface area contributed by atoms with Gasteiger partial charge < -0.3 is 15.5 Å². The van der Waals surface area contributed by atoms with Crippen LogP contribution in [0.2, 0.25) is 0 Å². The maximum atomic E-state index is 13.5. The van der Waals surface area contributed by atoms with E-state index in [1.54, 1.807) is 0 Å². The van der Waals surface area contributed by atoms with Gasteiger partial charge in [-0.25, -0.2) is 9.37 Å². The summed E-state index contributed by atoms with van der Waals surface area (Å²) >= 11 is 0. The summed E-state index contributed by atoms with van der Waals surface area (Å²) in [5.41, 5.74) is 5.47. The third-order valence-corrected chi connectivity index (χ3v) is 3.00. The Bertz CT molecular complexity index is 383. The molecule has 1 saturated heterocycles. The Kier molecular flexibility index (Phi) is 2.91. The van der Waals surface area contributed by atoms with Crippen LogP contribution in [0.1, 0.15) is 6.92 Å². The van der Waals surface area contributed by atoms with Crippen LogP contribution in [0.5, 0.6) is 0 Å². The Morgan fingerprint density at radius 3 is 2.94 bits per heavy atom. The molecule has 1 aromatic heterocycles. The lowest BCUT2D eigenvalue weighted by Crippen LogP contribution is -2.50. The smallest absolute Gasteiger partial charge is 0.222 e. The molecular formula is C10H16FN5. The summed E-state index contributed by atoms with van der Waals surface area (Å²) < 4.78 is 13.5. The van der Waals surface area contributed by atoms with Crippen molar-refractivity contribution in [3.63, 3.8) is 0 Å². The summed E-state index contributed by atoms with van der Waals surface area (Å²) in [6.07, 6.45) is 1.13. The van der Waals surface area contributed by atoms with Gasteiger partial charge in [0.15, 0.2) is 11.6 Å². The van der Waals surface area contributed by atoms with Crippen molar-refractivity contribution in [1.82, 2.24) is 14.9 Å². The molecule has 0 saturated carbocycles. The molecule has 5 nitrogen and oxygen atoms in total. The van der Waals surface area contributed by atoms with E-state index in [9.17, 15) is 4.39 Å². The van der Waals surface area contributed by atoms with E-state index >= 15 is 0 Å². The van der Waals surface area contributed by atoms with Gasteiger partial charge in [0.25, 0.3) is 0 Å². The molecular weight excluding hydrogens is 209 g/mol. The largest absolute Gasteiger partial charge is 0.368 e. The summed E-state index contributed by atoms with van der Waals surface area (Å²) in [5, 5.41) is 0. The maximum Gasteiger partial charge on any atom is 0.222 e. The molecule has 1 fully saturated rings. The lowest BCUT2D eigenvalue weighted by atomic mass is 10.2. The maximum absolute atomic E-state index is 13.5. The standard InChI is InChI=1S/C10H16FN5/c1-7-6-16(4-3-15(7)2)9-8(11)5-13-10(12)14-9/h5,7H,3-4,6H2,1-2H3,(H2,12,13,14). The monoisotopic (exact) mass is 225 g/mol. The average Bonchev–Trinajstić information content (AvgIpc) is 2.26. The first-order chi connectivity index (χ1) is 7.58. The van der Waals surface area contributed by atoms with Crippen molar-refractivity contribution in [3.8, 4) is 0 Å². The minimum Gasteiger partial charge on any atom is -0.368 e. The van der Waals surface area contributed by atoms with Crippen molar-refractivity contribution in [2.24, 2.45) is 0 Å². The van der Waals surface area contributed by atoms with Gasteiger partial charge in [-0.05, 0) is 14.0 Å². The number of hydrogen-bond donors (Lipinski definition) is 1. The summed E-state index contributed by atoms with van der Waals surface area (Å²) in [4.78, 5) is 11.7. The molecule has 6 heteroatoms. The van der Waals surface area contributed by atoms with Gasteiger partial charge in [-0.15, -0.1) is 0 Å². The highest BCUT2D eigenvalue weighted by Crippen LogP contribution is 2.19. The lowest BCUT2D eigenvalue weighted by molar-refractivity contribution is 0.232. The fourth-order valence-electron chi connectivity index (χ4n) is 1.83. The molecule has 1 atom stereocenters. The Morgan fingerprint density at radius 2 is 2.25 bits per heavy atom. The van der Waals surface area contributed by atoms with E-state index in [1.807, 2.05) is 4.90 Å². The number of aromatic nitrogens is 2. The minimum atomic E-state index is -0.411. The zero-order valence-corrected chi connectivity index (χ0v) is 9.52. The van der Waals surface area contributed by atoms with Crippen LogP contribution in [-0.2, 0) is 0 Å². The number of nitrogens with two attached hydrogens (primary N) is 1. The number of rotatable bonds is 1. The third-order valence-electron chi connectivity index (χ3n) is 3.00. The molecule has 16 heavy (non-hydrogen) atoms. The van der Waals surface area contributed by atoms with Crippen LogP contribution in [0.25, 0.3) is 0 Å². The predicted molar refractivity (Wildman–Crippen MR) is 60.7 cm³/mol. The Labute approximate surface area is 94.1 Å². The fourth-order valence-corrected chi connectivity index (χ4v) is 1.83. The molecule has 0 bridgehead atoms. The second-order valence-corrected chi connectivity index (χ2v) is 4.18. The van der Waals surface area contributed by atoms with Gasteiger partial charge in [-0.2, -0.15) is 4.98 Å². The summed E-state index contributed by atoms with van der Waals surface area (Å²) in [6, 6.07) is 0.379. The van der Waals surface area contributed by atoms with Crippen LogP contribution in [0.15, 0.2) is 6.20 Å². The average molecular weight is 225 g/mol. The third kappa shape index (κ3) is 2.06. The number of anilines is 2. The summed E-state index contributed by atoms with van der Waals surface area (Å²) in [5.74, 6) is 0.0152. The van der Waals surface area contributed by atoms with Gasteiger partial charge in [0.05, 0.1) is 6.20 Å². The quantitative estimate of drug-likeness (QED) is 0.746. The molecule has 0 aromatic carbocycles. The van der Waals surface area contributed by atoms with E-state index in [2.05, 4.69) is 28.8 Å². The van der Waals surface area contributed by atoms with Gasteiger partial charge in [0.1, 0.15) is 0 Å². The zero-order valence-electron chi connectivity index (χ0n) is 9.52. The van der Waals surface area contributed by atoms with E-state index < -0.39 is 5.82 Å². The highest BCUT2D eigenvalue weighted by atomic mass is 19.1. The SMILES string of the molecule is CC1CN(c2nc(N)ncc2F)CCN1C. The number of nitrogen functional groups attached to an aromatic ring is 1. The Balaban J connectivity index is 2.21. The molecule has 1 unspecified atom stereocenters. The number of nitrogens with zero attached hydrogens (tertiary/aromatic N) is 4. The molecule has 0 spiro atoms. The number of hydrogen-bond acceptors (Lipinski definition) is 5. The molecule has 0 radical (unpaired) electrons. The Morgan fingerprint density at radius 1 is 1.50 bits per heavy atom. The van der Waals surface area contributed by atoms with Crippen LogP contribution in [0.3, 0.4) is 0 Å². The van der Waals surface area contributed by atoms with Crippen molar-refractivity contribution < 1.29 is 4.39 Å². The van der Waals surface area contributed by atoms with Gasteiger partial charge in [0, 0.05) is 25.7 Å². The first-order valence-corrected chi connectivity index (χ1v) is 5.31. The van der Waals surface area contributed by atoms with Gasteiger partial charge in [-0.1, -0.05) is 0 Å². The first kappa shape index (κ1) is 11.1. The molecule has 88 valence electrons. The highest BCUT2D eigenvalue weighted by Gasteiger charge is 2.23. The van der Waals surface area contributed by atoms with Crippen molar-refractivity contribution in [3.05, 3.63) is 12.0 Å². The van der Waals surface area contributed by atoms with Gasteiger partial charge in [-0.3, -0.25) is 0 Å². The van der Waals surface area contributed by atoms with Gasteiger partial charge >= 0.3 is 0 Å². The summed E-state index contributed by atoms with van der Waals surface area (Å²) in [7, 11) is 2.06. The second kappa shape index (κ2) is 4.21. The van der Waals surface area contributed by atoms with E-state index in [-0.39, 0.29) is 5.95 Å². The molecule has 0 aliphatic carbocycles. The molecule has 2 heterocycles. The number of likely N-dealkylation sites (N-methyl/N-ethyl adjacent to an activating group) is 1. The second-order valence-electron chi connectivity index (χ2n) is 4.18. The number of piperazine rings is 1. The van der Waals surface area contributed by atoms with Crippen LogP contribution in [0, 0.1) is 5.82 Å². The fraction of sp³-hybridized carbons (Fsp3) is 0.600. The van der Waals surface area contributed by atoms with E-state index in [1.165, 1.54) is 0 Å². The first-order valence-electron chi connectivity index (χ1n) is 5.31.